The van der Waals surface area contributed by atoms with Crippen LogP contribution in [0.15, 0.2) is 42.5 Å². The maximum atomic E-state index is 10.8. The number of aromatic nitrogens is 2. The molecule has 0 aliphatic carbocycles. The molecule has 0 bridgehead atoms. The van der Waals surface area contributed by atoms with Gasteiger partial charge < -0.3 is 4.98 Å². The Morgan fingerprint density at radius 2 is 1.83 bits per heavy atom. The molecule has 0 aliphatic heterocycles. The largest absolute Gasteiger partial charge is 0.341 e. The van der Waals surface area contributed by atoms with Crippen LogP contribution in [0.3, 0.4) is 0 Å². The summed E-state index contributed by atoms with van der Waals surface area (Å²) in [4.78, 5) is 20.3. The summed E-state index contributed by atoms with van der Waals surface area (Å²) in [6.07, 6.45) is 1.04. The van der Waals surface area contributed by atoms with Gasteiger partial charge >= 0.3 is 0 Å². The molecular weight excluding hydrogens is 304 g/mol. The summed E-state index contributed by atoms with van der Waals surface area (Å²) in [5, 5.41) is 10.8. The molecule has 0 unspecified atom stereocenters. The Morgan fingerprint density at radius 3 is 2.50 bits per heavy atom. The normalized spacial score (nSPS) is 11.3. The van der Waals surface area contributed by atoms with E-state index in [0.29, 0.717) is 12.1 Å². The molecule has 0 atom stereocenters. The number of non-ortho nitro benzene ring substituents is 1. The van der Waals surface area contributed by atoms with Crippen LogP contribution in [0.4, 0.5) is 5.69 Å². The molecule has 0 amide bonds. The number of benzene rings is 2. The van der Waals surface area contributed by atoms with E-state index in [0.717, 1.165) is 24.3 Å². The van der Waals surface area contributed by atoms with Gasteiger partial charge in [-0.2, -0.15) is 0 Å². The number of H-pyrrole nitrogens is 1. The highest BCUT2D eigenvalue weighted by atomic mass is 16.6. The number of nitro groups is 1. The number of hydrogen-bond donors (Lipinski definition) is 1. The molecule has 124 valence electrons. The summed E-state index contributed by atoms with van der Waals surface area (Å²) >= 11 is 0. The van der Waals surface area contributed by atoms with Crippen molar-refractivity contribution in [1.29, 1.82) is 0 Å². The number of rotatable bonds is 6. The van der Waals surface area contributed by atoms with Gasteiger partial charge in [-0.05, 0) is 30.7 Å². The van der Waals surface area contributed by atoms with Gasteiger partial charge in [-0.1, -0.05) is 31.2 Å². The number of fused-ring (bicyclic) bond motifs is 1. The maximum absolute atomic E-state index is 10.8. The van der Waals surface area contributed by atoms with Gasteiger partial charge in [0.1, 0.15) is 5.82 Å². The SMILES string of the molecule is CCc1ccc(CN(C)Cc2nc3ccc([N+](=O)[O-])cc3[nH]2)cc1. The number of hydrogen-bond acceptors (Lipinski definition) is 4. The third-order valence-electron chi connectivity index (χ3n) is 4.03. The van der Waals surface area contributed by atoms with Gasteiger partial charge in [0, 0.05) is 18.7 Å². The minimum atomic E-state index is -0.397. The lowest BCUT2D eigenvalue weighted by atomic mass is 10.1. The Hall–Kier alpha value is -2.73. The van der Waals surface area contributed by atoms with E-state index in [1.54, 1.807) is 6.07 Å². The van der Waals surface area contributed by atoms with Crippen LogP contribution < -0.4 is 0 Å². The summed E-state index contributed by atoms with van der Waals surface area (Å²) in [6, 6.07) is 13.3. The van der Waals surface area contributed by atoms with Crippen molar-refractivity contribution in [3.8, 4) is 0 Å². The molecule has 1 heterocycles. The van der Waals surface area contributed by atoms with Gasteiger partial charge in [0.25, 0.3) is 5.69 Å². The highest BCUT2D eigenvalue weighted by Crippen LogP contribution is 2.19. The van der Waals surface area contributed by atoms with Crippen molar-refractivity contribution < 1.29 is 4.92 Å². The van der Waals surface area contributed by atoms with Crippen molar-refractivity contribution in [1.82, 2.24) is 14.9 Å². The Labute approximate surface area is 140 Å². The topological polar surface area (TPSA) is 75.1 Å². The van der Waals surface area contributed by atoms with E-state index in [2.05, 4.69) is 46.1 Å². The second-order valence-corrected chi connectivity index (χ2v) is 5.98. The van der Waals surface area contributed by atoms with Gasteiger partial charge in [-0.15, -0.1) is 0 Å². The molecule has 0 aliphatic rings. The van der Waals surface area contributed by atoms with Crippen molar-refractivity contribution in [3.05, 3.63) is 69.5 Å². The fourth-order valence-electron chi connectivity index (χ4n) is 2.74. The van der Waals surface area contributed by atoms with E-state index in [-0.39, 0.29) is 5.69 Å². The van der Waals surface area contributed by atoms with Gasteiger partial charge in [0.2, 0.25) is 0 Å². The summed E-state index contributed by atoms with van der Waals surface area (Å²) in [5.74, 6) is 0.804. The number of nitro benzene ring substituents is 1. The van der Waals surface area contributed by atoms with Gasteiger partial charge in [0.15, 0.2) is 0 Å². The van der Waals surface area contributed by atoms with Gasteiger partial charge in [0.05, 0.1) is 22.5 Å². The monoisotopic (exact) mass is 324 g/mol. The molecule has 0 spiro atoms. The quantitative estimate of drug-likeness (QED) is 0.554. The highest BCUT2D eigenvalue weighted by molar-refractivity contribution is 5.77. The lowest BCUT2D eigenvalue weighted by molar-refractivity contribution is -0.384. The highest BCUT2D eigenvalue weighted by Gasteiger charge is 2.11. The van der Waals surface area contributed by atoms with Crippen LogP contribution in [-0.4, -0.2) is 26.8 Å². The fourth-order valence-corrected chi connectivity index (χ4v) is 2.74. The molecular formula is C18H20N4O2. The van der Waals surface area contributed by atoms with Gasteiger partial charge in [-0.3, -0.25) is 15.0 Å². The molecule has 3 rings (SSSR count). The summed E-state index contributed by atoms with van der Waals surface area (Å²) in [6.45, 7) is 3.62. The van der Waals surface area contributed by atoms with Crippen LogP contribution >= 0.6 is 0 Å². The number of imidazole rings is 1. The van der Waals surface area contributed by atoms with E-state index in [1.165, 1.54) is 23.3 Å². The number of nitrogens with one attached hydrogen (secondary N) is 1. The van der Waals surface area contributed by atoms with E-state index in [9.17, 15) is 10.1 Å². The van der Waals surface area contributed by atoms with E-state index < -0.39 is 4.92 Å². The molecule has 0 fully saturated rings. The molecule has 0 saturated heterocycles. The predicted octanol–water partition coefficient (Wildman–Crippen LogP) is 3.67. The summed E-state index contributed by atoms with van der Waals surface area (Å²) in [5.41, 5.74) is 4.10. The zero-order valence-electron chi connectivity index (χ0n) is 13.8. The van der Waals surface area contributed by atoms with Crippen LogP contribution in [0, 0.1) is 10.1 Å². The third-order valence-corrected chi connectivity index (χ3v) is 4.03. The first-order valence-electron chi connectivity index (χ1n) is 7.94. The van der Waals surface area contributed by atoms with E-state index >= 15 is 0 Å². The first-order valence-corrected chi connectivity index (χ1v) is 7.94. The molecule has 0 radical (unpaired) electrons. The first kappa shape index (κ1) is 16.1. The predicted molar refractivity (Wildman–Crippen MR) is 93.7 cm³/mol. The molecule has 1 aromatic heterocycles. The Balaban J connectivity index is 1.70. The van der Waals surface area contributed by atoms with E-state index in [1.807, 2.05) is 7.05 Å². The number of aryl methyl sites for hydroxylation is 1. The maximum Gasteiger partial charge on any atom is 0.271 e. The smallest absolute Gasteiger partial charge is 0.271 e. The summed E-state index contributed by atoms with van der Waals surface area (Å²) in [7, 11) is 2.03. The lowest BCUT2D eigenvalue weighted by Crippen LogP contribution is -2.18. The second kappa shape index (κ2) is 6.80. The van der Waals surface area contributed by atoms with Crippen LogP contribution in [0.5, 0.6) is 0 Å². The number of aromatic amines is 1. The van der Waals surface area contributed by atoms with Crippen molar-refractivity contribution in [2.75, 3.05) is 7.05 Å². The molecule has 3 aromatic rings. The zero-order valence-corrected chi connectivity index (χ0v) is 13.8. The molecule has 6 heteroatoms. The zero-order chi connectivity index (χ0) is 17.1. The van der Waals surface area contributed by atoms with Crippen LogP contribution in [0.2, 0.25) is 0 Å². The van der Waals surface area contributed by atoms with Crippen molar-refractivity contribution in [3.63, 3.8) is 0 Å². The fraction of sp³-hybridized carbons (Fsp3) is 0.278. The molecule has 2 aromatic carbocycles. The molecule has 6 nitrogen and oxygen atoms in total. The second-order valence-electron chi connectivity index (χ2n) is 5.98. The van der Waals surface area contributed by atoms with Crippen molar-refractivity contribution >= 4 is 16.7 Å². The van der Waals surface area contributed by atoms with Gasteiger partial charge in [-0.25, -0.2) is 4.98 Å². The summed E-state index contributed by atoms with van der Waals surface area (Å²) < 4.78 is 0. The van der Waals surface area contributed by atoms with E-state index in [4.69, 9.17) is 0 Å². The first-order chi connectivity index (χ1) is 11.5. The molecule has 24 heavy (non-hydrogen) atoms. The average Bonchev–Trinajstić information content (AvgIpc) is 2.96. The Bertz CT molecular complexity index is 855. The van der Waals surface area contributed by atoms with Crippen molar-refractivity contribution in [2.45, 2.75) is 26.4 Å². The lowest BCUT2D eigenvalue weighted by Gasteiger charge is -2.15. The number of nitrogens with zero attached hydrogens (tertiary/aromatic N) is 3. The molecule has 0 saturated carbocycles. The van der Waals surface area contributed by atoms with Crippen molar-refractivity contribution in [2.24, 2.45) is 0 Å². The van der Waals surface area contributed by atoms with Crippen LogP contribution in [-0.2, 0) is 19.5 Å². The average molecular weight is 324 g/mol. The minimum Gasteiger partial charge on any atom is -0.341 e. The standard InChI is InChI=1S/C18H20N4O2/c1-3-13-4-6-14(7-5-13)11-21(2)12-18-19-16-9-8-15(22(23)24)10-17(16)20-18/h4-10H,3,11-12H2,1-2H3,(H,19,20). The Kier molecular flexibility index (Phi) is 4.57. The molecule has 1 N–H and O–H groups in total. The minimum absolute atomic E-state index is 0.0714. The third kappa shape index (κ3) is 3.60. The van der Waals surface area contributed by atoms with Crippen LogP contribution in [0.25, 0.3) is 11.0 Å². The Morgan fingerprint density at radius 1 is 1.12 bits per heavy atom. The van der Waals surface area contributed by atoms with Crippen LogP contribution in [0.1, 0.15) is 23.9 Å².